The number of nitrogen functional groups attached to an aromatic ring is 1. The average molecular weight is 419 g/mol. The van der Waals surface area contributed by atoms with Crippen molar-refractivity contribution in [2.45, 2.75) is 71.0 Å². The Morgan fingerprint density at radius 3 is 2.77 bits per heavy atom. The first-order chi connectivity index (χ1) is 14.2. The fourth-order valence-corrected chi connectivity index (χ4v) is 3.91. The van der Waals surface area contributed by atoms with Gasteiger partial charge in [-0.3, -0.25) is 9.36 Å². The number of rotatable bonds is 7. The highest BCUT2D eigenvalue weighted by Crippen LogP contribution is 2.41. The van der Waals surface area contributed by atoms with Crippen molar-refractivity contribution in [3.05, 3.63) is 12.4 Å². The minimum absolute atomic E-state index is 0.0211. The van der Waals surface area contributed by atoms with Gasteiger partial charge in [-0.2, -0.15) is 14.4 Å². The van der Waals surface area contributed by atoms with Gasteiger partial charge in [-0.25, -0.2) is 4.98 Å². The van der Waals surface area contributed by atoms with Crippen LogP contribution in [-0.4, -0.2) is 42.5 Å². The molecule has 2 aromatic rings. The number of fused-ring (bicyclic) bond motifs is 1. The molecular weight excluding hydrogens is 393 g/mol. The number of nitrogens with two attached hydrogens (primary N) is 1. The van der Waals surface area contributed by atoms with E-state index in [1.807, 2.05) is 20.8 Å². The van der Waals surface area contributed by atoms with Crippen LogP contribution in [0.5, 0.6) is 0 Å². The Hall–Kier alpha value is -2.77. The van der Waals surface area contributed by atoms with Crippen LogP contribution in [0.4, 0.5) is 10.2 Å². The molecule has 0 aromatic carbocycles. The maximum Gasteiger partial charge on any atom is 0.315 e. The highest BCUT2D eigenvalue weighted by molar-refractivity contribution is 5.81. The number of terminal acetylenes is 1. The summed E-state index contributed by atoms with van der Waals surface area (Å²) in [5.41, 5.74) is 5.20. The van der Waals surface area contributed by atoms with Crippen molar-refractivity contribution in [2.75, 3.05) is 5.73 Å². The minimum Gasteiger partial charge on any atom is -0.418 e. The number of hydrogen-bond acceptors (Lipinski definition) is 8. The summed E-state index contributed by atoms with van der Waals surface area (Å²) in [6.07, 6.45) is 6.52. The lowest BCUT2D eigenvalue weighted by molar-refractivity contribution is -0.234. The van der Waals surface area contributed by atoms with Gasteiger partial charge < -0.3 is 20.3 Å². The third-order valence-corrected chi connectivity index (χ3v) is 5.45. The van der Waals surface area contributed by atoms with E-state index in [2.05, 4.69) is 20.9 Å². The van der Waals surface area contributed by atoms with Crippen LogP contribution >= 0.6 is 0 Å². The fraction of sp³-hybridized carbons (Fsp3) is 0.600. The van der Waals surface area contributed by atoms with Crippen molar-refractivity contribution in [3.8, 4) is 12.3 Å². The molecule has 2 aromatic heterocycles. The van der Waals surface area contributed by atoms with Gasteiger partial charge >= 0.3 is 17.8 Å². The predicted octanol–water partition coefficient (Wildman–Crippen LogP) is 2.31. The Morgan fingerprint density at radius 2 is 2.17 bits per heavy atom. The Labute approximate surface area is 173 Å². The molecule has 1 aliphatic heterocycles. The van der Waals surface area contributed by atoms with Crippen molar-refractivity contribution >= 4 is 23.0 Å². The Balaban J connectivity index is 1.90. The number of carbonyl (C=O) groups excluding carboxylic acids is 1. The second-order valence-electron chi connectivity index (χ2n) is 7.79. The average Bonchev–Trinajstić information content (AvgIpc) is 3.24. The Morgan fingerprint density at radius 1 is 1.50 bits per heavy atom. The molecule has 0 bridgehead atoms. The van der Waals surface area contributed by atoms with Crippen LogP contribution in [0, 0.1) is 23.8 Å². The summed E-state index contributed by atoms with van der Waals surface area (Å²) in [6.45, 7) is 5.77. The van der Waals surface area contributed by atoms with Gasteiger partial charge in [0.15, 0.2) is 17.0 Å². The summed E-state index contributed by atoms with van der Waals surface area (Å²) >= 11 is 0. The normalized spacial score (nSPS) is 24.1. The molecule has 10 heteroatoms. The van der Waals surface area contributed by atoms with E-state index in [1.54, 1.807) is 0 Å². The number of hydrogen-bond donors (Lipinski definition) is 2. The first-order valence-electron chi connectivity index (χ1n) is 9.92. The predicted molar refractivity (Wildman–Crippen MR) is 106 cm³/mol. The monoisotopic (exact) mass is 419 g/mol. The van der Waals surface area contributed by atoms with Crippen molar-refractivity contribution in [1.82, 2.24) is 19.5 Å². The van der Waals surface area contributed by atoms with Crippen LogP contribution in [0.15, 0.2) is 6.33 Å². The number of imidazole rings is 1. The zero-order valence-corrected chi connectivity index (χ0v) is 17.3. The molecule has 1 saturated heterocycles. The summed E-state index contributed by atoms with van der Waals surface area (Å²) < 4.78 is 26.5. The molecule has 0 saturated carbocycles. The lowest BCUT2D eigenvalue weighted by Gasteiger charge is -2.33. The lowest BCUT2D eigenvalue weighted by Crippen LogP contribution is -2.46. The smallest absolute Gasteiger partial charge is 0.315 e. The van der Waals surface area contributed by atoms with Crippen molar-refractivity contribution in [1.29, 1.82) is 0 Å². The molecule has 1 aliphatic rings. The molecule has 162 valence electrons. The summed E-state index contributed by atoms with van der Waals surface area (Å²) in [7, 11) is 0. The number of anilines is 1. The van der Waals surface area contributed by atoms with Gasteiger partial charge in [0.25, 0.3) is 0 Å². The molecule has 3 atom stereocenters. The van der Waals surface area contributed by atoms with E-state index in [0.29, 0.717) is 12.8 Å². The van der Waals surface area contributed by atoms with Gasteiger partial charge in [0.05, 0.1) is 11.7 Å². The second kappa shape index (κ2) is 8.16. The van der Waals surface area contributed by atoms with E-state index < -0.39 is 35.6 Å². The van der Waals surface area contributed by atoms with Crippen LogP contribution in [0.2, 0.25) is 0 Å². The molecular formula is C20H26FN5O4. The quantitative estimate of drug-likeness (QED) is 0.398. The number of ether oxygens (including phenoxy) is 2. The molecule has 3 heterocycles. The Bertz CT molecular complexity index is 981. The molecule has 9 nitrogen and oxygen atoms in total. The molecule has 3 N–H and O–H groups in total. The molecule has 3 rings (SSSR count). The molecule has 0 amide bonds. The molecule has 0 unspecified atom stereocenters. The zero-order valence-electron chi connectivity index (χ0n) is 17.3. The van der Waals surface area contributed by atoms with Crippen molar-refractivity contribution in [3.63, 3.8) is 0 Å². The summed E-state index contributed by atoms with van der Waals surface area (Å²) in [5, 5.41) is 10.7. The van der Waals surface area contributed by atoms with Crippen molar-refractivity contribution < 1.29 is 23.8 Å². The van der Waals surface area contributed by atoms with Gasteiger partial charge in [0.2, 0.25) is 0 Å². The molecule has 0 spiro atoms. The van der Waals surface area contributed by atoms with E-state index in [4.69, 9.17) is 21.6 Å². The van der Waals surface area contributed by atoms with E-state index in [1.165, 1.54) is 10.9 Å². The van der Waals surface area contributed by atoms with Gasteiger partial charge in [-0.05, 0) is 25.7 Å². The summed E-state index contributed by atoms with van der Waals surface area (Å²) in [4.78, 5) is 24.2. The van der Waals surface area contributed by atoms with Gasteiger partial charge in [-0.15, -0.1) is 6.42 Å². The number of esters is 1. The van der Waals surface area contributed by atoms with Crippen molar-refractivity contribution in [2.24, 2.45) is 5.41 Å². The lowest BCUT2D eigenvalue weighted by atomic mass is 9.81. The van der Waals surface area contributed by atoms with Crippen LogP contribution in [0.3, 0.4) is 0 Å². The molecule has 0 aliphatic carbocycles. The third kappa shape index (κ3) is 3.70. The summed E-state index contributed by atoms with van der Waals surface area (Å²) in [5.74, 6) is -0.334. The zero-order chi connectivity index (χ0) is 22.1. The summed E-state index contributed by atoms with van der Waals surface area (Å²) in [6, 6.07) is 0. The van der Waals surface area contributed by atoms with E-state index in [9.17, 15) is 14.3 Å². The number of aliphatic hydroxyl groups is 1. The highest BCUT2D eigenvalue weighted by Gasteiger charge is 2.53. The maximum absolute atomic E-state index is 13.6. The standard InChI is InChI=1S/C20H26FN5O4/c1-5-8-19(4,9-6-2)17(28)30-20(7-3)12(27)10-13(29-20)26-11-23-14-15(22)24-18(21)25-16(14)26/h3,11-13,27H,5-6,8-10H2,1-2,4H3,(H2,22,24,25)/t12-,13+,20+/m0/s1. The first-order valence-corrected chi connectivity index (χ1v) is 9.92. The van der Waals surface area contributed by atoms with Gasteiger partial charge in [0, 0.05) is 6.42 Å². The van der Waals surface area contributed by atoms with E-state index >= 15 is 0 Å². The number of aromatic nitrogens is 4. The molecule has 30 heavy (non-hydrogen) atoms. The fourth-order valence-electron chi connectivity index (χ4n) is 3.91. The number of nitrogens with zero attached hydrogens (tertiary/aromatic N) is 4. The SMILES string of the molecule is C#C[C@]1(OC(=O)C(C)(CCC)CCC)O[C@@H](n2cnc3c(N)nc(F)nc32)C[C@@H]1O. The Kier molecular flexibility index (Phi) is 5.97. The highest BCUT2D eigenvalue weighted by atomic mass is 19.1. The largest absolute Gasteiger partial charge is 0.418 e. The maximum atomic E-state index is 13.6. The second-order valence-corrected chi connectivity index (χ2v) is 7.79. The number of carbonyl (C=O) groups is 1. The number of halogens is 1. The van der Waals surface area contributed by atoms with Crippen LogP contribution in [0.1, 0.15) is 59.1 Å². The first kappa shape index (κ1) is 21.9. The third-order valence-electron chi connectivity index (χ3n) is 5.45. The topological polar surface area (TPSA) is 125 Å². The van der Waals surface area contributed by atoms with Gasteiger partial charge in [0.1, 0.15) is 12.3 Å². The van der Waals surface area contributed by atoms with Crippen LogP contribution < -0.4 is 5.73 Å². The van der Waals surface area contributed by atoms with Gasteiger partial charge in [-0.1, -0.05) is 26.7 Å². The molecule has 0 radical (unpaired) electrons. The van der Waals surface area contributed by atoms with Crippen LogP contribution in [-0.2, 0) is 14.3 Å². The van der Waals surface area contributed by atoms with E-state index in [0.717, 1.165) is 12.8 Å². The van der Waals surface area contributed by atoms with Crippen LogP contribution in [0.25, 0.3) is 11.2 Å². The number of aliphatic hydroxyl groups excluding tert-OH is 1. The molecule has 1 fully saturated rings. The minimum atomic E-state index is -1.97. The van der Waals surface area contributed by atoms with E-state index in [-0.39, 0.29) is 23.4 Å².